The van der Waals surface area contributed by atoms with E-state index >= 15 is 0 Å². The maximum atomic E-state index is 11.5. The number of rotatable bonds is 3. The van der Waals surface area contributed by atoms with Crippen LogP contribution in [-0.4, -0.2) is 9.97 Å². The van der Waals surface area contributed by atoms with E-state index in [1.54, 1.807) is 17.4 Å². The van der Waals surface area contributed by atoms with Crippen LogP contribution < -0.4 is 5.56 Å². The summed E-state index contributed by atoms with van der Waals surface area (Å²) in [6.45, 7) is 0. The van der Waals surface area contributed by atoms with E-state index in [9.17, 15) is 4.79 Å². The van der Waals surface area contributed by atoms with Crippen molar-refractivity contribution in [1.29, 1.82) is 0 Å². The van der Waals surface area contributed by atoms with E-state index < -0.39 is 0 Å². The van der Waals surface area contributed by atoms with Crippen LogP contribution in [0.4, 0.5) is 0 Å². The maximum absolute atomic E-state index is 11.5. The van der Waals surface area contributed by atoms with Crippen molar-refractivity contribution in [2.75, 3.05) is 0 Å². The van der Waals surface area contributed by atoms with Gasteiger partial charge in [0.1, 0.15) is 5.82 Å². The fourth-order valence-electron chi connectivity index (χ4n) is 1.76. The lowest BCUT2D eigenvalue weighted by Crippen LogP contribution is -2.12. The molecule has 1 N–H and O–H groups in total. The summed E-state index contributed by atoms with van der Waals surface area (Å²) >= 11 is 1.70. The van der Waals surface area contributed by atoms with Crippen LogP contribution in [-0.2, 0) is 6.42 Å². The highest BCUT2D eigenvalue weighted by Crippen LogP contribution is 2.37. The molecule has 2 aromatic heterocycles. The minimum atomic E-state index is -0.0246. The van der Waals surface area contributed by atoms with Crippen molar-refractivity contribution >= 4 is 11.3 Å². The lowest BCUT2D eigenvalue weighted by molar-refractivity contribution is 0.873. The van der Waals surface area contributed by atoms with Gasteiger partial charge in [-0.1, -0.05) is 6.07 Å². The number of aromatic amines is 1. The minimum absolute atomic E-state index is 0.0246. The summed E-state index contributed by atoms with van der Waals surface area (Å²) in [5, 5.41) is 2.05. The zero-order chi connectivity index (χ0) is 11.0. The molecule has 1 aliphatic carbocycles. The third kappa shape index (κ3) is 2.07. The fourth-order valence-corrected chi connectivity index (χ4v) is 2.48. The van der Waals surface area contributed by atoms with Gasteiger partial charge in [-0.25, -0.2) is 4.98 Å². The lowest BCUT2D eigenvalue weighted by atomic mass is 10.2. The number of thiophene rings is 1. The number of hydrogen-bond donors (Lipinski definition) is 1. The van der Waals surface area contributed by atoms with Crippen LogP contribution >= 0.6 is 11.3 Å². The molecule has 0 spiro atoms. The molecule has 0 amide bonds. The Kier molecular flexibility index (Phi) is 2.36. The van der Waals surface area contributed by atoms with Gasteiger partial charge in [0.15, 0.2) is 0 Å². The molecule has 1 aliphatic rings. The molecule has 4 heteroatoms. The molecule has 2 aromatic rings. The third-order valence-corrected chi connectivity index (χ3v) is 3.59. The van der Waals surface area contributed by atoms with Crippen LogP contribution in [0.5, 0.6) is 0 Å². The maximum Gasteiger partial charge on any atom is 0.251 e. The molecular formula is C12H12N2OS. The summed E-state index contributed by atoms with van der Waals surface area (Å²) in [5.41, 5.74) is 0.858. The van der Waals surface area contributed by atoms with Crippen molar-refractivity contribution in [3.8, 4) is 0 Å². The largest absolute Gasteiger partial charge is 0.310 e. The Labute approximate surface area is 97.2 Å². The molecule has 1 fully saturated rings. The molecule has 82 valence electrons. The van der Waals surface area contributed by atoms with Crippen molar-refractivity contribution in [1.82, 2.24) is 9.97 Å². The predicted molar refractivity (Wildman–Crippen MR) is 64.0 cm³/mol. The summed E-state index contributed by atoms with van der Waals surface area (Å²) in [7, 11) is 0. The van der Waals surface area contributed by atoms with Crippen molar-refractivity contribution in [3.63, 3.8) is 0 Å². The molecule has 0 bridgehead atoms. The topological polar surface area (TPSA) is 45.8 Å². The Balaban J connectivity index is 1.91. The normalized spacial score (nSPS) is 15.2. The molecule has 3 nitrogen and oxygen atoms in total. The first-order chi connectivity index (χ1) is 7.81. The molecule has 0 unspecified atom stereocenters. The molecule has 0 saturated heterocycles. The zero-order valence-corrected chi connectivity index (χ0v) is 9.59. The first-order valence-corrected chi connectivity index (χ1v) is 6.32. The fraction of sp³-hybridized carbons (Fsp3) is 0.333. The number of hydrogen-bond acceptors (Lipinski definition) is 3. The molecule has 3 rings (SSSR count). The standard InChI is InChI=1S/C12H12N2OS/c15-11-7-9(6-10-2-1-5-16-10)13-12(14-11)8-3-4-8/h1-2,5,7-8H,3-4,6H2,(H,13,14,15). The van der Waals surface area contributed by atoms with Crippen molar-refractivity contribution in [2.45, 2.75) is 25.2 Å². The average molecular weight is 232 g/mol. The lowest BCUT2D eigenvalue weighted by Gasteiger charge is -2.01. The monoisotopic (exact) mass is 232 g/mol. The van der Waals surface area contributed by atoms with E-state index in [0.717, 1.165) is 30.8 Å². The number of nitrogens with one attached hydrogen (secondary N) is 1. The molecule has 1 saturated carbocycles. The minimum Gasteiger partial charge on any atom is -0.310 e. The van der Waals surface area contributed by atoms with E-state index in [-0.39, 0.29) is 5.56 Å². The van der Waals surface area contributed by atoms with Gasteiger partial charge < -0.3 is 4.98 Å². The highest BCUT2D eigenvalue weighted by Gasteiger charge is 2.26. The SMILES string of the molecule is O=c1cc(Cc2cccs2)nc(C2CC2)[nH]1. The van der Waals surface area contributed by atoms with Gasteiger partial charge >= 0.3 is 0 Å². The summed E-state index contributed by atoms with van der Waals surface area (Å²) < 4.78 is 0. The van der Waals surface area contributed by atoms with Crippen LogP contribution in [0, 0.1) is 0 Å². The zero-order valence-electron chi connectivity index (χ0n) is 8.77. The molecule has 0 aliphatic heterocycles. The Bertz CT molecular complexity index is 540. The van der Waals surface area contributed by atoms with E-state index in [1.165, 1.54) is 4.88 Å². The second-order valence-corrected chi connectivity index (χ2v) is 5.18. The second-order valence-electron chi connectivity index (χ2n) is 4.15. The predicted octanol–water partition coefficient (Wildman–Crippen LogP) is 2.30. The number of H-pyrrole nitrogens is 1. The van der Waals surface area contributed by atoms with E-state index in [4.69, 9.17) is 0 Å². The molecule has 0 aromatic carbocycles. The van der Waals surface area contributed by atoms with Crippen LogP contribution in [0.1, 0.15) is 35.2 Å². The Morgan fingerprint density at radius 1 is 1.50 bits per heavy atom. The highest BCUT2D eigenvalue weighted by atomic mass is 32.1. The first-order valence-electron chi connectivity index (χ1n) is 5.44. The summed E-state index contributed by atoms with van der Waals surface area (Å²) in [5.74, 6) is 1.37. The Hall–Kier alpha value is -1.42. The third-order valence-electron chi connectivity index (χ3n) is 2.71. The number of aromatic nitrogens is 2. The van der Waals surface area contributed by atoms with Crippen molar-refractivity contribution in [3.05, 3.63) is 50.3 Å². The quantitative estimate of drug-likeness (QED) is 0.882. The van der Waals surface area contributed by atoms with Crippen LogP contribution in [0.15, 0.2) is 28.4 Å². The van der Waals surface area contributed by atoms with Crippen molar-refractivity contribution < 1.29 is 0 Å². The molecule has 16 heavy (non-hydrogen) atoms. The van der Waals surface area contributed by atoms with Crippen LogP contribution in [0.2, 0.25) is 0 Å². The molecular weight excluding hydrogens is 220 g/mol. The summed E-state index contributed by atoms with van der Waals surface area (Å²) in [6, 6.07) is 5.70. The van der Waals surface area contributed by atoms with Crippen LogP contribution in [0.3, 0.4) is 0 Å². The first kappa shape index (κ1) is 9.78. The molecule has 2 heterocycles. The van der Waals surface area contributed by atoms with Gasteiger partial charge in [-0.15, -0.1) is 11.3 Å². The Morgan fingerprint density at radius 2 is 2.38 bits per heavy atom. The summed E-state index contributed by atoms with van der Waals surface area (Å²) in [6.07, 6.45) is 3.08. The highest BCUT2D eigenvalue weighted by molar-refractivity contribution is 7.09. The number of nitrogens with zero attached hydrogens (tertiary/aromatic N) is 1. The average Bonchev–Trinajstić information content (AvgIpc) is 2.98. The van der Waals surface area contributed by atoms with Crippen LogP contribution in [0.25, 0.3) is 0 Å². The van der Waals surface area contributed by atoms with Gasteiger partial charge in [0.25, 0.3) is 5.56 Å². The van der Waals surface area contributed by atoms with E-state index in [1.807, 2.05) is 11.4 Å². The van der Waals surface area contributed by atoms with Gasteiger partial charge in [0.2, 0.25) is 0 Å². The Morgan fingerprint density at radius 3 is 3.06 bits per heavy atom. The van der Waals surface area contributed by atoms with E-state index in [0.29, 0.717) is 5.92 Å². The van der Waals surface area contributed by atoms with E-state index in [2.05, 4.69) is 16.0 Å². The van der Waals surface area contributed by atoms with Gasteiger partial charge in [-0.05, 0) is 24.3 Å². The van der Waals surface area contributed by atoms with Gasteiger partial charge in [0, 0.05) is 23.3 Å². The van der Waals surface area contributed by atoms with Gasteiger partial charge in [-0.3, -0.25) is 4.79 Å². The summed E-state index contributed by atoms with van der Waals surface area (Å²) in [4.78, 5) is 20.1. The second kappa shape index (κ2) is 3.87. The van der Waals surface area contributed by atoms with Gasteiger partial charge in [-0.2, -0.15) is 0 Å². The smallest absolute Gasteiger partial charge is 0.251 e. The van der Waals surface area contributed by atoms with Crippen molar-refractivity contribution in [2.24, 2.45) is 0 Å². The molecule has 0 atom stereocenters. The molecule has 0 radical (unpaired) electrons. The van der Waals surface area contributed by atoms with Gasteiger partial charge in [0.05, 0.1) is 5.69 Å².